The molecule has 7 nitrogen and oxygen atoms in total. The molecule has 1 saturated heterocycles. The Labute approximate surface area is 173 Å². The summed E-state index contributed by atoms with van der Waals surface area (Å²) >= 11 is 0. The first-order valence-corrected chi connectivity index (χ1v) is 11.6. The number of esters is 1. The molecule has 1 aliphatic rings. The Morgan fingerprint density at radius 2 is 1.86 bits per heavy atom. The van der Waals surface area contributed by atoms with Gasteiger partial charge in [-0.2, -0.15) is 4.31 Å². The molecule has 0 unspecified atom stereocenters. The standard InChI is InChI=1S/C21H32N2O5S/c1-6-8-15(2)22-19(24)16-10-12-17(13-11-16)29(26,27)23-14-7-9-18(23)20(25)28-21(3,4)5/h10-13,15,18H,6-9,14H2,1-5H3,(H,22,24)/t15-,18+/m0/s1. The molecule has 1 heterocycles. The minimum absolute atomic E-state index is 0.0510. The smallest absolute Gasteiger partial charge is 0.324 e. The molecule has 29 heavy (non-hydrogen) atoms. The van der Waals surface area contributed by atoms with E-state index in [0.29, 0.717) is 18.4 Å². The van der Waals surface area contributed by atoms with Crippen LogP contribution in [0.15, 0.2) is 29.2 Å². The van der Waals surface area contributed by atoms with Crippen LogP contribution in [0.3, 0.4) is 0 Å². The molecule has 0 bridgehead atoms. The second-order valence-electron chi connectivity index (χ2n) is 8.49. The van der Waals surface area contributed by atoms with Crippen molar-refractivity contribution in [3.63, 3.8) is 0 Å². The lowest BCUT2D eigenvalue weighted by molar-refractivity contribution is -0.158. The summed E-state index contributed by atoms with van der Waals surface area (Å²) in [7, 11) is -3.86. The first-order valence-electron chi connectivity index (χ1n) is 10.1. The van der Waals surface area contributed by atoms with E-state index in [1.165, 1.54) is 28.6 Å². The van der Waals surface area contributed by atoms with Crippen molar-refractivity contribution in [3.8, 4) is 0 Å². The van der Waals surface area contributed by atoms with Crippen molar-refractivity contribution in [2.24, 2.45) is 0 Å². The monoisotopic (exact) mass is 424 g/mol. The van der Waals surface area contributed by atoms with E-state index in [2.05, 4.69) is 5.32 Å². The largest absolute Gasteiger partial charge is 0.459 e. The molecule has 1 amide bonds. The Morgan fingerprint density at radius 3 is 2.41 bits per heavy atom. The van der Waals surface area contributed by atoms with Gasteiger partial charge in [-0.05, 0) is 71.2 Å². The van der Waals surface area contributed by atoms with E-state index in [9.17, 15) is 18.0 Å². The van der Waals surface area contributed by atoms with E-state index in [1.54, 1.807) is 20.8 Å². The summed E-state index contributed by atoms with van der Waals surface area (Å²) in [5.74, 6) is -0.762. The van der Waals surface area contributed by atoms with Gasteiger partial charge in [0, 0.05) is 18.2 Å². The number of benzene rings is 1. The topological polar surface area (TPSA) is 92.8 Å². The molecule has 2 atom stereocenters. The number of nitrogens with one attached hydrogen (secondary N) is 1. The van der Waals surface area contributed by atoms with E-state index < -0.39 is 27.6 Å². The number of sulfonamides is 1. The summed E-state index contributed by atoms with van der Waals surface area (Å²) in [6.45, 7) is 9.51. The molecule has 0 spiro atoms. The SMILES string of the molecule is CCC[C@H](C)NC(=O)c1ccc(S(=O)(=O)N2CCC[C@@H]2C(=O)OC(C)(C)C)cc1. The molecule has 162 valence electrons. The lowest BCUT2D eigenvalue weighted by Gasteiger charge is -2.27. The molecule has 0 saturated carbocycles. The van der Waals surface area contributed by atoms with Gasteiger partial charge < -0.3 is 10.1 Å². The molecule has 0 aliphatic carbocycles. The Morgan fingerprint density at radius 1 is 1.24 bits per heavy atom. The zero-order valence-corrected chi connectivity index (χ0v) is 18.7. The van der Waals surface area contributed by atoms with Crippen LogP contribution in [0.1, 0.15) is 70.7 Å². The highest BCUT2D eigenvalue weighted by atomic mass is 32.2. The van der Waals surface area contributed by atoms with Crippen LogP contribution in [-0.2, 0) is 19.6 Å². The number of nitrogens with zero attached hydrogens (tertiary/aromatic N) is 1. The Hall–Kier alpha value is -1.93. The quantitative estimate of drug-likeness (QED) is 0.679. The summed E-state index contributed by atoms with van der Waals surface area (Å²) in [5.41, 5.74) is -0.282. The van der Waals surface area contributed by atoms with Crippen LogP contribution in [0.2, 0.25) is 0 Å². The van der Waals surface area contributed by atoms with Gasteiger partial charge in [-0.25, -0.2) is 8.42 Å². The second kappa shape index (κ2) is 9.26. The first-order chi connectivity index (χ1) is 13.5. The highest BCUT2D eigenvalue weighted by Gasteiger charge is 2.41. The van der Waals surface area contributed by atoms with Crippen LogP contribution in [-0.4, -0.2) is 48.8 Å². The number of rotatable bonds is 7. The number of carbonyl (C=O) groups excluding carboxylic acids is 2. The van der Waals surface area contributed by atoms with Crippen LogP contribution in [0, 0.1) is 0 Å². The van der Waals surface area contributed by atoms with Gasteiger partial charge in [0.25, 0.3) is 5.91 Å². The van der Waals surface area contributed by atoms with E-state index in [0.717, 1.165) is 12.8 Å². The molecule has 0 aromatic heterocycles. The normalized spacial score (nSPS) is 19.0. The predicted octanol–water partition coefficient (Wildman–Crippen LogP) is 3.10. The van der Waals surface area contributed by atoms with E-state index in [4.69, 9.17) is 4.74 Å². The number of carbonyl (C=O) groups is 2. The minimum Gasteiger partial charge on any atom is -0.459 e. The summed E-state index contributed by atoms with van der Waals surface area (Å²) in [4.78, 5) is 24.8. The Balaban J connectivity index is 2.16. The molecule has 1 aromatic rings. The minimum atomic E-state index is -3.86. The molecule has 1 aliphatic heterocycles. The number of ether oxygens (including phenoxy) is 1. The fourth-order valence-corrected chi connectivity index (χ4v) is 5.01. The highest BCUT2D eigenvalue weighted by Crippen LogP contribution is 2.28. The maximum atomic E-state index is 13.1. The first kappa shape index (κ1) is 23.3. The van der Waals surface area contributed by atoms with Crippen molar-refractivity contribution in [2.45, 2.75) is 82.9 Å². The molecular weight excluding hydrogens is 392 g/mol. The van der Waals surface area contributed by atoms with Gasteiger partial charge in [-0.3, -0.25) is 9.59 Å². The zero-order chi connectivity index (χ0) is 21.8. The molecular formula is C21H32N2O5S. The van der Waals surface area contributed by atoms with E-state index in [-0.39, 0.29) is 23.4 Å². The number of amides is 1. The number of hydrogen-bond donors (Lipinski definition) is 1. The fourth-order valence-electron chi connectivity index (χ4n) is 3.36. The van der Waals surface area contributed by atoms with Crippen molar-refractivity contribution >= 4 is 21.9 Å². The van der Waals surface area contributed by atoms with Crippen molar-refractivity contribution in [2.75, 3.05) is 6.54 Å². The van der Waals surface area contributed by atoms with E-state index >= 15 is 0 Å². The summed E-state index contributed by atoms with van der Waals surface area (Å²) < 4.78 is 32.8. The molecule has 1 fully saturated rings. The van der Waals surface area contributed by atoms with Crippen molar-refractivity contribution in [1.29, 1.82) is 0 Å². The average molecular weight is 425 g/mol. The summed E-state index contributed by atoms with van der Waals surface area (Å²) in [5, 5.41) is 2.89. The van der Waals surface area contributed by atoms with Crippen molar-refractivity contribution in [1.82, 2.24) is 9.62 Å². The predicted molar refractivity (Wildman–Crippen MR) is 111 cm³/mol. The van der Waals surface area contributed by atoms with Gasteiger partial charge in [0.2, 0.25) is 10.0 Å². The molecule has 2 rings (SSSR count). The van der Waals surface area contributed by atoms with Crippen LogP contribution < -0.4 is 5.32 Å². The van der Waals surface area contributed by atoms with Gasteiger partial charge in [-0.1, -0.05) is 13.3 Å². The van der Waals surface area contributed by atoms with Crippen molar-refractivity contribution < 1.29 is 22.7 Å². The maximum Gasteiger partial charge on any atom is 0.324 e. The third kappa shape index (κ3) is 6.02. The van der Waals surface area contributed by atoms with Crippen LogP contribution >= 0.6 is 0 Å². The lowest BCUT2D eigenvalue weighted by atomic mass is 10.1. The van der Waals surface area contributed by atoms with E-state index in [1.807, 2.05) is 13.8 Å². The molecule has 1 aromatic carbocycles. The fraction of sp³-hybridized carbons (Fsp3) is 0.619. The van der Waals surface area contributed by atoms with Gasteiger partial charge in [0.05, 0.1) is 4.90 Å². The summed E-state index contributed by atoms with van der Waals surface area (Å²) in [6, 6.07) is 5.06. The van der Waals surface area contributed by atoms with Gasteiger partial charge in [0.1, 0.15) is 11.6 Å². The average Bonchev–Trinajstić information content (AvgIpc) is 3.11. The van der Waals surface area contributed by atoms with Gasteiger partial charge >= 0.3 is 5.97 Å². The lowest BCUT2D eigenvalue weighted by Crippen LogP contribution is -2.43. The van der Waals surface area contributed by atoms with Crippen LogP contribution in [0.5, 0.6) is 0 Å². The molecule has 8 heteroatoms. The third-order valence-electron chi connectivity index (χ3n) is 4.70. The van der Waals surface area contributed by atoms with Gasteiger partial charge in [0.15, 0.2) is 0 Å². The zero-order valence-electron chi connectivity index (χ0n) is 17.9. The Bertz CT molecular complexity index is 828. The van der Waals surface area contributed by atoms with Crippen LogP contribution in [0.25, 0.3) is 0 Å². The summed E-state index contributed by atoms with van der Waals surface area (Å²) in [6.07, 6.45) is 2.87. The van der Waals surface area contributed by atoms with Gasteiger partial charge in [-0.15, -0.1) is 0 Å². The second-order valence-corrected chi connectivity index (χ2v) is 10.4. The highest BCUT2D eigenvalue weighted by molar-refractivity contribution is 7.89. The molecule has 0 radical (unpaired) electrons. The van der Waals surface area contributed by atoms with Crippen molar-refractivity contribution in [3.05, 3.63) is 29.8 Å². The number of hydrogen-bond acceptors (Lipinski definition) is 5. The van der Waals surface area contributed by atoms with Crippen LogP contribution in [0.4, 0.5) is 0 Å². The Kier molecular flexibility index (Phi) is 7.45. The maximum absolute atomic E-state index is 13.1. The third-order valence-corrected chi connectivity index (χ3v) is 6.63. The molecule has 1 N–H and O–H groups in total.